The summed E-state index contributed by atoms with van der Waals surface area (Å²) in [5, 5.41) is 10.00. The van der Waals surface area contributed by atoms with E-state index in [4.69, 9.17) is 0 Å². The molecule has 0 spiro atoms. The number of β-amino-alcohol motifs (C(OH)–C–C–N with tert-alkyl or cyclic N) is 1. The molecular formula is C16H21BrN2O2. The minimum atomic E-state index is -0.183. The van der Waals surface area contributed by atoms with Gasteiger partial charge in [-0.25, -0.2) is 0 Å². The van der Waals surface area contributed by atoms with E-state index in [9.17, 15) is 9.90 Å². The number of halogens is 1. The average molecular weight is 353 g/mol. The molecule has 2 aliphatic rings. The molecule has 1 aliphatic heterocycles. The number of rotatable bonds is 4. The predicted molar refractivity (Wildman–Crippen MR) is 85.2 cm³/mol. The second kappa shape index (κ2) is 6.46. The number of carbonyl (C=O) groups is 1. The van der Waals surface area contributed by atoms with Gasteiger partial charge in [-0.1, -0.05) is 22.0 Å². The monoisotopic (exact) mass is 352 g/mol. The Balaban J connectivity index is 1.51. The third-order valence-electron chi connectivity index (χ3n) is 4.34. The number of piperazine rings is 1. The highest BCUT2D eigenvalue weighted by atomic mass is 79.9. The molecule has 1 amide bonds. The molecule has 2 fully saturated rings. The molecule has 1 saturated heterocycles. The molecule has 114 valence electrons. The first-order valence-electron chi connectivity index (χ1n) is 7.59. The largest absolute Gasteiger partial charge is 0.392 e. The average Bonchev–Trinajstić information content (AvgIpc) is 3.32. The first kappa shape index (κ1) is 15.0. The van der Waals surface area contributed by atoms with Crippen molar-refractivity contribution in [1.82, 2.24) is 9.80 Å². The van der Waals surface area contributed by atoms with Gasteiger partial charge in [-0.15, -0.1) is 0 Å². The molecule has 4 nitrogen and oxygen atoms in total. The van der Waals surface area contributed by atoms with Crippen LogP contribution in [0.4, 0.5) is 0 Å². The number of hydrogen-bond donors (Lipinski definition) is 1. The standard InChI is InChI=1S/C16H21BrN2O2/c17-14-3-1-2-13(10-14)16(21)19-8-6-18(7-9-19)11-15(20)12-4-5-12/h1-3,10,12,15,20H,4-9,11H2/t15-/m0/s1. The van der Waals surface area contributed by atoms with E-state index >= 15 is 0 Å². The molecule has 1 aromatic rings. The van der Waals surface area contributed by atoms with Crippen molar-refractivity contribution in [2.24, 2.45) is 5.92 Å². The number of amides is 1. The lowest BCUT2D eigenvalue weighted by Crippen LogP contribution is -2.50. The number of aliphatic hydroxyl groups excluding tert-OH is 1. The minimum Gasteiger partial charge on any atom is -0.392 e. The van der Waals surface area contributed by atoms with Gasteiger partial charge >= 0.3 is 0 Å². The maximum absolute atomic E-state index is 12.4. The normalized spacial score (nSPS) is 21.3. The zero-order valence-corrected chi connectivity index (χ0v) is 13.6. The first-order chi connectivity index (χ1) is 10.1. The Morgan fingerprint density at radius 3 is 2.62 bits per heavy atom. The van der Waals surface area contributed by atoms with Crippen LogP contribution in [0.2, 0.25) is 0 Å². The van der Waals surface area contributed by atoms with Crippen molar-refractivity contribution in [1.29, 1.82) is 0 Å². The Morgan fingerprint density at radius 2 is 2.00 bits per heavy atom. The van der Waals surface area contributed by atoms with Crippen LogP contribution >= 0.6 is 15.9 Å². The quantitative estimate of drug-likeness (QED) is 0.900. The zero-order chi connectivity index (χ0) is 14.8. The summed E-state index contributed by atoms with van der Waals surface area (Å²) in [5.41, 5.74) is 0.732. The second-order valence-corrected chi connectivity index (χ2v) is 6.92. The topological polar surface area (TPSA) is 43.8 Å². The molecule has 0 bridgehead atoms. The smallest absolute Gasteiger partial charge is 0.253 e. The van der Waals surface area contributed by atoms with Gasteiger partial charge in [-0.2, -0.15) is 0 Å². The Hall–Kier alpha value is -0.910. The van der Waals surface area contributed by atoms with Crippen LogP contribution in [0, 0.1) is 5.92 Å². The number of aliphatic hydroxyl groups is 1. The van der Waals surface area contributed by atoms with Crippen LogP contribution in [0.3, 0.4) is 0 Å². The molecule has 1 aliphatic carbocycles. The summed E-state index contributed by atoms with van der Waals surface area (Å²) in [6, 6.07) is 7.54. The Bertz CT molecular complexity index is 511. The molecule has 1 atom stereocenters. The molecule has 1 heterocycles. The van der Waals surface area contributed by atoms with Crippen molar-refractivity contribution in [2.45, 2.75) is 18.9 Å². The highest BCUT2D eigenvalue weighted by molar-refractivity contribution is 9.10. The lowest BCUT2D eigenvalue weighted by Gasteiger charge is -2.35. The minimum absolute atomic E-state index is 0.0960. The van der Waals surface area contributed by atoms with Crippen molar-refractivity contribution in [2.75, 3.05) is 32.7 Å². The van der Waals surface area contributed by atoms with Gasteiger partial charge in [0.2, 0.25) is 0 Å². The number of hydrogen-bond acceptors (Lipinski definition) is 3. The van der Waals surface area contributed by atoms with E-state index in [1.165, 1.54) is 12.8 Å². The molecular weight excluding hydrogens is 332 g/mol. The highest BCUT2D eigenvalue weighted by Gasteiger charge is 2.32. The van der Waals surface area contributed by atoms with E-state index in [0.29, 0.717) is 5.92 Å². The van der Waals surface area contributed by atoms with E-state index in [2.05, 4.69) is 20.8 Å². The third kappa shape index (κ3) is 3.84. The van der Waals surface area contributed by atoms with Crippen LogP contribution in [-0.4, -0.2) is 59.6 Å². The first-order valence-corrected chi connectivity index (χ1v) is 8.38. The molecule has 0 unspecified atom stereocenters. The summed E-state index contributed by atoms with van der Waals surface area (Å²) >= 11 is 3.40. The fourth-order valence-electron chi connectivity index (χ4n) is 2.83. The lowest BCUT2D eigenvalue weighted by atomic mass is 10.1. The van der Waals surface area contributed by atoms with E-state index in [1.807, 2.05) is 29.2 Å². The van der Waals surface area contributed by atoms with Gasteiger partial charge in [0.05, 0.1) is 6.10 Å². The van der Waals surface area contributed by atoms with Crippen LogP contribution in [-0.2, 0) is 0 Å². The van der Waals surface area contributed by atoms with Crippen LogP contribution in [0.25, 0.3) is 0 Å². The maximum Gasteiger partial charge on any atom is 0.253 e. The summed E-state index contributed by atoms with van der Waals surface area (Å²) in [7, 11) is 0. The van der Waals surface area contributed by atoms with Gasteiger partial charge in [0.1, 0.15) is 0 Å². The van der Waals surface area contributed by atoms with Crippen molar-refractivity contribution < 1.29 is 9.90 Å². The molecule has 0 radical (unpaired) electrons. The number of carbonyl (C=O) groups excluding carboxylic acids is 1. The molecule has 5 heteroatoms. The summed E-state index contributed by atoms with van der Waals surface area (Å²) in [6.07, 6.45) is 2.16. The van der Waals surface area contributed by atoms with Crippen LogP contribution in [0.5, 0.6) is 0 Å². The Labute approximate surface area is 133 Å². The molecule has 0 aromatic heterocycles. The van der Waals surface area contributed by atoms with E-state index in [1.54, 1.807) is 0 Å². The van der Waals surface area contributed by atoms with E-state index < -0.39 is 0 Å². The van der Waals surface area contributed by atoms with Gasteiger partial charge in [0.15, 0.2) is 0 Å². The fourth-order valence-corrected chi connectivity index (χ4v) is 3.23. The Kier molecular flexibility index (Phi) is 4.62. The van der Waals surface area contributed by atoms with Crippen molar-refractivity contribution >= 4 is 21.8 Å². The zero-order valence-electron chi connectivity index (χ0n) is 12.0. The number of nitrogens with zero attached hydrogens (tertiary/aromatic N) is 2. The van der Waals surface area contributed by atoms with Crippen LogP contribution < -0.4 is 0 Å². The van der Waals surface area contributed by atoms with Crippen molar-refractivity contribution in [3.63, 3.8) is 0 Å². The maximum atomic E-state index is 12.4. The van der Waals surface area contributed by atoms with Crippen LogP contribution in [0.15, 0.2) is 28.7 Å². The molecule has 3 rings (SSSR count). The third-order valence-corrected chi connectivity index (χ3v) is 4.84. The lowest BCUT2D eigenvalue weighted by molar-refractivity contribution is 0.0488. The van der Waals surface area contributed by atoms with Gasteiger partial charge in [-0.05, 0) is 37.0 Å². The molecule has 1 N–H and O–H groups in total. The summed E-state index contributed by atoms with van der Waals surface area (Å²) < 4.78 is 0.930. The van der Waals surface area contributed by atoms with Gasteiger partial charge in [0.25, 0.3) is 5.91 Å². The molecule has 21 heavy (non-hydrogen) atoms. The van der Waals surface area contributed by atoms with Gasteiger partial charge < -0.3 is 10.0 Å². The number of benzene rings is 1. The van der Waals surface area contributed by atoms with E-state index in [0.717, 1.165) is 42.8 Å². The fraction of sp³-hybridized carbons (Fsp3) is 0.562. The van der Waals surface area contributed by atoms with Crippen molar-refractivity contribution in [3.8, 4) is 0 Å². The Morgan fingerprint density at radius 1 is 1.29 bits per heavy atom. The predicted octanol–water partition coefficient (Wildman–Crippen LogP) is 1.98. The van der Waals surface area contributed by atoms with Gasteiger partial charge in [-0.3, -0.25) is 9.69 Å². The second-order valence-electron chi connectivity index (χ2n) is 6.01. The molecule has 1 aromatic carbocycles. The summed E-state index contributed by atoms with van der Waals surface area (Å²) in [5.74, 6) is 0.616. The van der Waals surface area contributed by atoms with Gasteiger partial charge in [0, 0.05) is 42.8 Å². The van der Waals surface area contributed by atoms with Crippen LogP contribution in [0.1, 0.15) is 23.2 Å². The molecule has 1 saturated carbocycles. The highest BCUT2D eigenvalue weighted by Crippen LogP contribution is 2.32. The summed E-state index contributed by atoms with van der Waals surface area (Å²) in [4.78, 5) is 16.6. The summed E-state index contributed by atoms with van der Waals surface area (Å²) in [6.45, 7) is 3.93. The van der Waals surface area contributed by atoms with E-state index in [-0.39, 0.29) is 12.0 Å². The SMILES string of the molecule is O=C(c1cccc(Br)c1)N1CCN(C[C@H](O)C2CC2)CC1. The van der Waals surface area contributed by atoms with Crippen molar-refractivity contribution in [3.05, 3.63) is 34.3 Å².